The second-order valence-corrected chi connectivity index (χ2v) is 5.39. The van der Waals surface area contributed by atoms with Gasteiger partial charge < -0.3 is 28.5 Å². The maximum absolute atomic E-state index is 12.9. The number of aromatic nitrogens is 3. The van der Waals surface area contributed by atoms with Crippen molar-refractivity contribution in [1.29, 1.82) is 0 Å². The largest absolute Gasteiger partial charge is 2.00 e. The fourth-order valence-electron chi connectivity index (χ4n) is 1.53. The third-order valence-electron chi connectivity index (χ3n) is 2.49. The molecule has 0 saturated heterocycles. The molecular formula is C18H25Br3F2MgN4O2. The van der Waals surface area contributed by atoms with Gasteiger partial charge >= 0.3 is 28.7 Å². The molecule has 0 radical (unpaired) electrons. The zero-order valence-corrected chi connectivity index (χ0v) is 19.1. The molecule has 0 unspecified atom stereocenters. The number of aromatic amines is 1. The Hall–Kier alpha value is -0.954. The van der Waals surface area contributed by atoms with Gasteiger partial charge in [0.2, 0.25) is 0 Å². The van der Waals surface area contributed by atoms with Gasteiger partial charge in [0.1, 0.15) is 10.4 Å². The summed E-state index contributed by atoms with van der Waals surface area (Å²) in [5.74, 6) is -1.02. The minimum Gasteiger partial charge on any atom is -1.00 e. The summed E-state index contributed by atoms with van der Waals surface area (Å²) >= 11 is 6.01. The molecule has 0 aliphatic carbocycles. The van der Waals surface area contributed by atoms with Gasteiger partial charge in [-0.3, -0.25) is 16.7 Å². The smallest absolute Gasteiger partial charge is 1.00 e. The van der Waals surface area contributed by atoms with Crippen LogP contribution in [0.1, 0.15) is 29.7 Å². The molecular weight excluding hydrogens is 606 g/mol. The number of nitro groups is 1. The summed E-state index contributed by atoms with van der Waals surface area (Å²) in [5.41, 5.74) is 0.329. The van der Waals surface area contributed by atoms with E-state index in [9.17, 15) is 18.9 Å². The van der Waals surface area contributed by atoms with Crippen molar-refractivity contribution in [3.63, 3.8) is 0 Å². The van der Waals surface area contributed by atoms with Crippen LogP contribution >= 0.6 is 31.9 Å². The van der Waals surface area contributed by atoms with Crippen molar-refractivity contribution in [2.75, 3.05) is 0 Å². The SMILES string of the molecule is C.C.C.C.Fc1cnc(Br)c2[nH]ccc12.O=[N+]([O-])c1cc(F)cnc1Br.[Br-].[CH-]=C.[Mg+2]. The molecule has 0 atom stereocenters. The Kier molecular flexibility index (Phi) is 30.5. The van der Waals surface area contributed by atoms with E-state index in [1.807, 2.05) is 0 Å². The van der Waals surface area contributed by atoms with Crippen molar-refractivity contribution in [2.24, 2.45) is 0 Å². The van der Waals surface area contributed by atoms with Crippen molar-refractivity contribution in [3.05, 3.63) is 74.8 Å². The van der Waals surface area contributed by atoms with Gasteiger partial charge in [0, 0.05) is 11.6 Å². The minimum atomic E-state index is -0.722. The fourth-order valence-corrected chi connectivity index (χ4v) is 2.32. The third-order valence-corrected chi connectivity index (χ3v) is 3.70. The third kappa shape index (κ3) is 12.0. The van der Waals surface area contributed by atoms with Crippen LogP contribution in [0.3, 0.4) is 0 Å². The first-order chi connectivity index (χ1) is 11.4. The van der Waals surface area contributed by atoms with Gasteiger partial charge in [0.05, 0.1) is 28.9 Å². The molecule has 0 bridgehead atoms. The Morgan fingerprint density at radius 3 is 2.00 bits per heavy atom. The van der Waals surface area contributed by atoms with Gasteiger partial charge in [-0.2, -0.15) is 0 Å². The average molecular weight is 631 g/mol. The van der Waals surface area contributed by atoms with Crippen LogP contribution in [0.4, 0.5) is 14.5 Å². The summed E-state index contributed by atoms with van der Waals surface area (Å²) in [5, 5.41) is 10.7. The maximum Gasteiger partial charge on any atom is 2.00 e. The summed E-state index contributed by atoms with van der Waals surface area (Å²) in [6.07, 6.45) is 3.78. The molecule has 1 N–H and O–H groups in total. The number of halogens is 5. The van der Waals surface area contributed by atoms with Crippen LogP contribution in [0.25, 0.3) is 10.9 Å². The monoisotopic (exact) mass is 628 g/mol. The first-order valence-corrected chi connectivity index (χ1v) is 7.62. The molecule has 30 heavy (non-hydrogen) atoms. The molecule has 166 valence electrons. The van der Waals surface area contributed by atoms with Crippen molar-refractivity contribution in [2.45, 2.75) is 29.7 Å². The quantitative estimate of drug-likeness (QED) is 0.144. The van der Waals surface area contributed by atoms with Crippen LogP contribution in [0.15, 0.2) is 46.5 Å². The van der Waals surface area contributed by atoms with E-state index in [2.05, 4.69) is 60.0 Å². The van der Waals surface area contributed by atoms with Crippen LogP contribution < -0.4 is 17.0 Å². The van der Waals surface area contributed by atoms with Crippen LogP contribution in [-0.4, -0.2) is 42.9 Å². The normalized spacial score (nSPS) is 7.60. The molecule has 6 nitrogen and oxygen atoms in total. The zero-order valence-electron chi connectivity index (χ0n) is 12.9. The van der Waals surface area contributed by atoms with Crippen LogP contribution in [-0.2, 0) is 0 Å². The Morgan fingerprint density at radius 2 is 1.57 bits per heavy atom. The first kappa shape index (κ1) is 43.0. The Labute approximate surface area is 220 Å². The van der Waals surface area contributed by atoms with E-state index in [1.165, 1.54) is 6.20 Å². The number of pyridine rings is 2. The van der Waals surface area contributed by atoms with Crippen LogP contribution in [0.5, 0.6) is 0 Å². The fraction of sp³-hybridized carbons (Fsp3) is 0.222. The molecule has 0 saturated carbocycles. The molecule has 0 aliphatic rings. The summed E-state index contributed by atoms with van der Waals surface area (Å²) in [6, 6.07) is 2.48. The second kappa shape index (κ2) is 21.3. The number of rotatable bonds is 1. The number of H-pyrrole nitrogens is 1. The first-order valence-electron chi connectivity index (χ1n) is 6.03. The standard InChI is InChI=1S/C7H4BrFN2.C5H2BrFN2O2.C2H3.4CH4.BrH.Mg/c8-7-6-4(1-2-10-6)5(9)3-11-7;6-5-4(9(10)11)1-3(7)2-8-5;1-2;;;;;;/h1-3,10H;1-2H;1H,2H2;4*1H4;1H;/q;;-1;;;;;;+2/p-1. The molecule has 3 heterocycles. The van der Waals surface area contributed by atoms with E-state index in [-0.39, 0.29) is 85.8 Å². The van der Waals surface area contributed by atoms with Gasteiger partial charge in [-0.25, -0.2) is 18.7 Å². The van der Waals surface area contributed by atoms with Crippen molar-refractivity contribution in [1.82, 2.24) is 15.0 Å². The average Bonchev–Trinajstić information content (AvgIpc) is 3.07. The summed E-state index contributed by atoms with van der Waals surface area (Å²) in [4.78, 5) is 19.5. The number of nitrogens with one attached hydrogen (secondary N) is 1. The number of nitrogens with zero attached hydrogens (tertiary/aromatic N) is 3. The summed E-state index contributed by atoms with van der Waals surface area (Å²) < 4.78 is 25.9. The van der Waals surface area contributed by atoms with E-state index < -0.39 is 10.7 Å². The summed E-state index contributed by atoms with van der Waals surface area (Å²) in [7, 11) is 0. The molecule has 12 heteroatoms. The Balaban J connectivity index is -0.0000000748. The molecule has 3 aromatic rings. The molecule has 0 spiro atoms. The van der Waals surface area contributed by atoms with E-state index in [0.717, 1.165) is 12.3 Å². The van der Waals surface area contributed by atoms with Gasteiger partial charge in [0.15, 0.2) is 10.4 Å². The minimum absolute atomic E-state index is 0. The number of fused-ring (bicyclic) bond motifs is 1. The number of hydrogen-bond donors (Lipinski definition) is 1. The number of hydrogen-bond acceptors (Lipinski definition) is 4. The van der Waals surface area contributed by atoms with Crippen molar-refractivity contribution >= 4 is 71.5 Å². The van der Waals surface area contributed by atoms with Gasteiger partial charge in [-0.15, -0.1) is 0 Å². The zero-order chi connectivity index (χ0) is 18.3. The van der Waals surface area contributed by atoms with Gasteiger partial charge in [-0.05, 0) is 37.9 Å². The van der Waals surface area contributed by atoms with E-state index in [1.54, 1.807) is 12.3 Å². The Bertz CT molecular complexity index is 835. The second-order valence-electron chi connectivity index (χ2n) is 3.88. The van der Waals surface area contributed by atoms with Crippen molar-refractivity contribution < 1.29 is 30.7 Å². The molecule has 0 amide bonds. The molecule has 0 aliphatic heterocycles. The topological polar surface area (TPSA) is 84.7 Å². The maximum atomic E-state index is 12.9. The molecule has 0 aromatic carbocycles. The Morgan fingerprint density at radius 1 is 1.07 bits per heavy atom. The van der Waals surface area contributed by atoms with E-state index in [4.69, 9.17) is 0 Å². The van der Waals surface area contributed by atoms with E-state index >= 15 is 0 Å². The van der Waals surface area contributed by atoms with Crippen LogP contribution in [0, 0.1) is 28.3 Å². The predicted molar refractivity (Wildman–Crippen MR) is 125 cm³/mol. The van der Waals surface area contributed by atoms with E-state index in [0.29, 0.717) is 15.5 Å². The summed E-state index contributed by atoms with van der Waals surface area (Å²) in [6.45, 7) is 7.00. The van der Waals surface area contributed by atoms with Crippen molar-refractivity contribution in [3.8, 4) is 0 Å². The molecule has 3 aromatic heterocycles. The van der Waals surface area contributed by atoms with Crippen LogP contribution in [0.2, 0.25) is 0 Å². The van der Waals surface area contributed by atoms with Gasteiger partial charge in [0.25, 0.3) is 0 Å². The molecule has 0 fully saturated rings. The van der Waals surface area contributed by atoms with Gasteiger partial charge in [-0.1, -0.05) is 29.7 Å². The molecule has 3 rings (SSSR count). The predicted octanol–water partition coefficient (Wildman–Crippen LogP) is 4.13.